The fraction of sp³-hybridized carbons (Fsp3) is 0.873. The molecule has 0 heterocycles. The Balaban J connectivity index is 4.05. The van der Waals surface area contributed by atoms with E-state index in [2.05, 4.69) is 55.6 Å². The molecule has 9 heteroatoms. The molecule has 0 aromatic rings. The molecule has 3 atom stereocenters. The Labute approximate surface area is 499 Å². The second-order valence-electron chi connectivity index (χ2n) is 25.3. The van der Waals surface area contributed by atoms with Gasteiger partial charge in [0.2, 0.25) is 5.91 Å². The van der Waals surface area contributed by atoms with Crippen LogP contribution in [-0.4, -0.2) is 73.4 Å². The number of amides is 1. The molecule has 0 bridgehead atoms. The predicted octanol–water partition coefficient (Wildman–Crippen LogP) is 22.2. The molecule has 472 valence electrons. The third kappa shape index (κ3) is 64.0. The SMILES string of the molecule is CCCCCCCCCCCCC/C=C\C/C=C\CCCCCCCCCCCCCCCCCCCC(=O)NC(COP(=O)(O)OCC[N+](C)(C)C)C(O)/C=C/CC/C=C/CCCCCCCCCCCCCCCCCCC. The summed E-state index contributed by atoms with van der Waals surface area (Å²) < 4.78 is 23.8. The number of likely N-dealkylation sites (N-methyl/N-ethyl adjacent to an activating group) is 1. The minimum atomic E-state index is -4.36. The molecular formula is C71H138N2O6P+. The summed E-state index contributed by atoms with van der Waals surface area (Å²) in [6.45, 7) is 4.85. The first-order valence-electron chi connectivity index (χ1n) is 35.0. The molecule has 0 spiro atoms. The van der Waals surface area contributed by atoms with E-state index >= 15 is 0 Å². The van der Waals surface area contributed by atoms with Gasteiger partial charge in [-0.1, -0.05) is 326 Å². The second-order valence-corrected chi connectivity index (χ2v) is 26.7. The Morgan fingerprint density at radius 2 is 0.725 bits per heavy atom. The highest BCUT2D eigenvalue weighted by Crippen LogP contribution is 2.43. The molecule has 3 unspecified atom stereocenters. The molecule has 0 saturated carbocycles. The van der Waals surface area contributed by atoms with Gasteiger partial charge in [-0.15, -0.1) is 0 Å². The molecule has 0 aliphatic heterocycles. The van der Waals surface area contributed by atoms with Gasteiger partial charge in [0.1, 0.15) is 13.2 Å². The Bertz CT molecular complexity index is 1440. The zero-order chi connectivity index (χ0) is 58.4. The van der Waals surface area contributed by atoms with Gasteiger partial charge < -0.3 is 19.8 Å². The summed E-state index contributed by atoms with van der Waals surface area (Å²) in [5.41, 5.74) is 0. The van der Waals surface area contributed by atoms with Crippen LogP contribution in [0.2, 0.25) is 0 Å². The molecule has 0 saturated heterocycles. The molecule has 0 aliphatic carbocycles. The molecule has 0 aromatic heterocycles. The third-order valence-corrected chi connectivity index (χ3v) is 17.0. The summed E-state index contributed by atoms with van der Waals surface area (Å²) in [5.74, 6) is -0.182. The van der Waals surface area contributed by atoms with Crippen LogP contribution in [0.15, 0.2) is 48.6 Å². The Hall–Kier alpha value is -1.54. The van der Waals surface area contributed by atoms with Crippen molar-refractivity contribution in [3.05, 3.63) is 48.6 Å². The number of phosphoric ester groups is 1. The first-order chi connectivity index (χ1) is 39.0. The van der Waals surface area contributed by atoms with E-state index in [9.17, 15) is 19.4 Å². The molecular weight excluding hydrogens is 1010 g/mol. The Kier molecular flexibility index (Phi) is 60.8. The minimum Gasteiger partial charge on any atom is -0.387 e. The number of allylic oxidation sites excluding steroid dienone is 7. The lowest BCUT2D eigenvalue weighted by molar-refractivity contribution is -0.870. The number of quaternary nitrogens is 1. The molecule has 0 fully saturated rings. The van der Waals surface area contributed by atoms with Crippen LogP contribution >= 0.6 is 7.82 Å². The van der Waals surface area contributed by atoms with Crippen LogP contribution in [0.4, 0.5) is 0 Å². The maximum atomic E-state index is 13.0. The molecule has 0 radical (unpaired) electrons. The molecule has 0 aromatic carbocycles. The van der Waals surface area contributed by atoms with Crippen LogP contribution in [0.3, 0.4) is 0 Å². The van der Waals surface area contributed by atoms with E-state index < -0.39 is 20.0 Å². The molecule has 0 aliphatic rings. The van der Waals surface area contributed by atoms with Gasteiger partial charge in [0, 0.05) is 6.42 Å². The van der Waals surface area contributed by atoms with E-state index in [1.165, 1.54) is 283 Å². The van der Waals surface area contributed by atoms with Crippen LogP contribution < -0.4 is 5.32 Å². The van der Waals surface area contributed by atoms with Crippen molar-refractivity contribution < 1.29 is 32.9 Å². The first kappa shape index (κ1) is 78.5. The summed E-state index contributed by atoms with van der Waals surface area (Å²) >= 11 is 0. The van der Waals surface area contributed by atoms with Crippen molar-refractivity contribution in [2.24, 2.45) is 0 Å². The number of unbranched alkanes of at least 4 members (excludes halogenated alkanes) is 46. The highest BCUT2D eigenvalue weighted by Gasteiger charge is 2.28. The van der Waals surface area contributed by atoms with Gasteiger partial charge in [0.05, 0.1) is 39.9 Å². The topological polar surface area (TPSA) is 105 Å². The number of aliphatic hydroxyl groups excluding tert-OH is 1. The summed E-state index contributed by atoms with van der Waals surface area (Å²) in [7, 11) is 1.57. The molecule has 8 nitrogen and oxygen atoms in total. The number of carbonyl (C=O) groups is 1. The number of carbonyl (C=O) groups excluding carboxylic acids is 1. The molecule has 1 amide bonds. The van der Waals surface area contributed by atoms with Crippen LogP contribution in [-0.2, 0) is 18.4 Å². The lowest BCUT2D eigenvalue weighted by Crippen LogP contribution is -2.45. The van der Waals surface area contributed by atoms with Gasteiger partial charge in [-0.2, -0.15) is 0 Å². The van der Waals surface area contributed by atoms with Crippen LogP contribution in [0.1, 0.15) is 348 Å². The predicted molar refractivity (Wildman–Crippen MR) is 351 cm³/mol. The van der Waals surface area contributed by atoms with E-state index in [0.29, 0.717) is 17.4 Å². The van der Waals surface area contributed by atoms with Gasteiger partial charge in [0.15, 0.2) is 0 Å². The van der Waals surface area contributed by atoms with Crippen LogP contribution in [0.5, 0.6) is 0 Å². The number of phosphoric acid groups is 1. The van der Waals surface area contributed by atoms with Crippen molar-refractivity contribution in [1.29, 1.82) is 0 Å². The van der Waals surface area contributed by atoms with Gasteiger partial charge in [-0.3, -0.25) is 13.8 Å². The lowest BCUT2D eigenvalue weighted by atomic mass is 10.0. The number of hydrogen-bond donors (Lipinski definition) is 3. The molecule has 0 rings (SSSR count). The first-order valence-corrected chi connectivity index (χ1v) is 36.5. The zero-order valence-electron chi connectivity index (χ0n) is 54.1. The fourth-order valence-corrected chi connectivity index (χ4v) is 11.3. The number of hydrogen-bond acceptors (Lipinski definition) is 5. The molecule has 3 N–H and O–H groups in total. The van der Waals surface area contributed by atoms with E-state index in [1.54, 1.807) is 6.08 Å². The van der Waals surface area contributed by atoms with Gasteiger partial charge in [0.25, 0.3) is 0 Å². The summed E-state index contributed by atoms with van der Waals surface area (Å²) in [4.78, 5) is 23.4. The van der Waals surface area contributed by atoms with E-state index in [-0.39, 0.29) is 19.1 Å². The van der Waals surface area contributed by atoms with Gasteiger partial charge in [-0.25, -0.2) is 4.57 Å². The van der Waals surface area contributed by atoms with E-state index in [4.69, 9.17) is 9.05 Å². The highest BCUT2D eigenvalue weighted by atomic mass is 31.2. The van der Waals surface area contributed by atoms with Crippen molar-refractivity contribution in [2.45, 2.75) is 360 Å². The highest BCUT2D eigenvalue weighted by molar-refractivity contribution is 7.47. The van der Waals surface area contributed by atoms with Crippen LogP contribution in [0, 0.1) is 0 Å². The summed E-state index contributed by atoms with van der Waals surface area (Å²) in [6, 6.07) is -0.865. The smallest absolute Gasteiger partial charge is 0.387 e. The minimum absolute atomic E-state index is 0.0568. The Morgan fingerprint density at radius 1 is 0.425 bits per heavy atom. The van der Waals surface area contributed by atoms with Crippen molar-refractivity contribution in [3.63, 3.8) is 0 Å². The Morgan fingerprint density at radius 3 is 1.07 bits per heavy atom. The third-order valence-electron chi connectivity index (χ3n) is 16.0. The normalized spacial score (nSPS) is 13.9. The maximum absolute atomic E-state index is 13.0. The summed E-state index contributed by atoms with van der Waals surface area (Å²) in [6.07, 6.45) is 84.1. The number of nitrogens with zero attached hydrogens (tertiary/aromatic N) is 1. The van der Waals surface area contributed by atoms with Crippen molar-refractivity contribution in [3.8, 4) is 0 Å². The van der Waals surface area contributed by atoms with Crippen molar-refractivity contribution in [1.82, 2.24) is 5.32 Å². The number of rotatable bonds is 65. The van der Waals surface area contributed by atoms with Crippen molar-refractivity contribution >= 4 is 13.7 Å². The van der Waals surface area contributed by atoms with E-state index in [0.717, 1.165) is 44.9 Å². The number of nitrogens with one attached hydrogen (secondary N) is 1. The largest absolute Gasteiger partial charge is 0.472 e. The average molecular weight is 1150 g/mol. The van der Waals surface area contributed by atoms with Crippen LogP contribution in [0.25, 0.3) is 0 Å². The maximum Gasteiger partial charge on any atom is 0.472 e. The standard InChI is InChI=1S/C71H137N2O6P/c1-6-8-10-12-14-16-18-20-22-24-26-28-30-31-32-33-34-35-36-37-38-39-40-41-43-45-47-49-51-53-55-57-59-61-63-65-71(75)72-69(68-79-80(76,77)78-67-66-73(3,4)5)70(74)64-62-60-58-56-54-52-50-48-46-44-42-29-27-25-23-21-19-17-15-13-11-9-7-2/h30-31,33-34,54,56,62,64,69-70,74H,6-29,32,35-53,55,57-61,63,65-68H2,1-5H3,(H-,72,75,76,77)/p+1/b31-30-,34-33-,56-54+,64-62+. The number of aliphatic hydroxyl groups is 1. The van der Waals surface area contributed by atoms with Gasteiger partial charge in [-0.05, 0) is 64.2 Å². The lowest BCUT2D eigenvalue weighted by Gasteiger charge is -2.25. The zero-order valence-corrected chi connectivity index (χ0v) is 55.0. The average Bonchev–Trinajstić information content (AvgIpc) is 3.42. The second kappa shape index (κ2) is 62.0. The summed E-state index contributed by atoms with van der Waals surface area (Å²) in [5, 5.41) is 14.0. The monoisotopic (exact) mass is 1150 g/mol. The quantitative estimate of drug-likeness (QED) is 0.0243. The van der Waals surface area contributed by atoms with E-state index in [1.807, 2.05) is 27.2 Å². The van der Waals surface area contributed by atoms with Gasteiger partial charge >= 0.3 is 7.82 Å². The fourth-order valence-electron chi connectivity index (χ4n) is 10.6. The van der Waals surface area contributed by atoms with Crippen molar-refractivity contribution in [2.75, 3.05) is 40.9 Å². The molecule has 80 heavy (non-hydrogen) atoms.